The molecule has 6 heteroatoms. The van der Waals surface area contributed by atoms with E-state index < -0.39 is 0 Å². The molecule has 0 aliphatic carbocycles. The van der Waals surface area contributed by atoms with Crippen LogP contribution in [0.3, 0.4) is 0 Å². The van der Waals surface area contributed by atoms with Gasteiger partial charge in [-0.15, -0.1) is 0 Å². The van der Waals surface area contributed by atoms with E-state index in [9.17, 15) is 5.11 Å². The molecule has 0 radical (unpaired) electrons. The summed E-state index contributed by atoms with van der Waals surface area (Å²) in [5.74, 6) is 1.65. The number of benzene rings is 2. The molecule has 1 atom stereocenters. The molecule has 0 saturated heterocycles. The monoisotopic (exact) mass is 351 g/mol. The second kappa shape index (κ2) is 8.49. The Labute approximate surface area is 153 Å². The number of nitrogens with one attached hydrogen (secondary N) is 2. The summed E-state index contributed by atoms with van der Waals surface area (Å²) in [6, 6.07) is 18.1. The first kappa shape index (κ1) is 17.9. The number of aliphatic hydroxyl groups is 1. The molecule has 2 aromatic carbocycles. The van der Waals surface area contributed by atoms with Gasteiger partial charge in [-0.2, -0.15) is 0 Å². The molecule has 0 amide bonds. The molecule has 3 aromatic rings. The maximum atomic E-state index is 9.68. The number of imidazole rings is 1. The summed E-state index contributed by atoms with van der Waals surface area (Å²) in [6.07, 6.45) is 0. The van der Waals surface area contributed by atoms with Crippen molar-refractivity contribution in [2.24, 2.45) is 12.0 Å². The average molecular weight is 351 g/mol. The highest BCUT2D eigenvalue weighted by Gasteiger charge is 2.12. The van der Waals surface area contributed by atoms with Crippen LogP contribution in [0.25, 0.3) is 11.0 Å². The number of hydrogen-bond donors (Lipinski definition) is 3. The molecule has 0 aliphatic heterocycles. The van der Waals surface area contributed by atoms with Gasteiger partial charge in [-0.3, -0.25) is 4.99 Å². The van der Waals surface area contributed by atoms with Crippen LogP contribution >= 0.6 is 0 Å². The summed E-state index contributed by atoms with van der Waals surface area (Å²) in [6.45, 7) is 1.25. The number of nitrogens with zero attached hydrogens (tertiary/aromatic N) is 3. The topological polar surface area (TPSA) is 74.5 Å². The molecule has 0 fully saturated rings. The zero-order chi connectivity index (χ0) is 18.4. The van der Waals surface area contributed by atoms with E-state index in [4.69, 9.17) is 0 Å². The van der Waals surface area contributed by atoms with Crippen molar-refractivity contribution < 1.29 is 5.11 Å². The SMILES string of the molecule is CN=C(NCc1nc2ccccc2n1C)NCC(CO)c1ccccc1. The van der Waals surface area contributed by atoms with Gasteiger partial charge in [0.1, 0.15) is 5.82 Å². The first-order valence-electron chi connectivity index (χ1n) is 8.73. The summed E-state index contributed by atoms with van der Waals surface area (Å²) < 4.78 is 2.08. The van der Waals surface area contributed by atoms with Crippen molar-refractivity contribution in [3.8, 4) is 0 Å². The van der Waals surface area contributed by atoms with Gasteiger partial charge in [0.25, 0.3) is 0 Å². The van der Waals surface area contributed by atoms with Crippen LogP contribution in [0.4, 0.5) is 0 Å². The maximum Gasteiger partial charge on any atom is 0.191 e. The number of guanidine groups is 1. The van der Waals surface area contributed by atoms with Crippen LogP contribution in [0, 0.1) is 0 Å². The first-order chi connectivity index (χ1) is 12.7. The lowest BCUT2D eigenvalue weighted by atomic mass is 10.0. The van der Waals surface area contributed by atoms with E-state index in [0.717, 1.165) is 22.4 Å². The Kier molecular flexibility index (Phi) is 5.86. The van der Waals surface area contributed by atoms with Crippen molar-refractivity contribution in [3.63, 3.8) is 0 Å². The zero-order valence-electron chi connectivity index (χ0n) is 15.2. The van der Waals surface area contributed by atoms with Gasteiger partial charge >= 0.3 is 0 Å². The van der Waals surface area contributed by atoms with E-state index in [1.54, 1.807) is 7.05 Å². The lowest BCUT2D eigenvalue weighted by Gasteiger charge is -2.18. The number of hydrogen-bond acceptors (Lipinski definition) is 3. The predicted molar refractivity (Wildman–Crippen MR) is 105 cm³/mol. The molecule has 26 heavy (non-hydrogen) atoms. The van der Waals surface area contributed by atoms with E-state index >= 15 is 0 Å². The van der Waals surface area contributed by atoms with Gasteiger partial charge in [-0.05, 0) is 17.7 Å². The second-order valence-corrected chi connectivity index (χ2v) is 6.17. The van der Waals surface area contributed by atoms with Gasteiger partial charge in [0.05, 0.1) is 24.2 Å². The number of aliphatic hydroxyl groups excluding tert-OH is 1. The van der Waals surface area contributed by atoms with Crippen LogP contribution in [0.1, 0.15) is 17.3 Å². The van der Waals surface area contributed by atoms with Crippen molar-refractivity contribution in [2.75, 3.05) is 20.2 Å². The minimum absolute atomic E-state index is 0.0190. The fourth-order valence-corrected chi connectivity index (χ4v) is 2.97. The molecular weight excluding hydrogens is 326 g/mol. The van der Waals surface area contributed by atoms with Crippen LogP contribution in [-0.2, 0) is 13.6 Å². The van der Waals surface area contributed by atoms with Gasteiger partial charge in [-0.1, -0.05) is 42.5 Å². The lowest BCUT2D eigenvalue weighted by molar-refractivity contribution is 0.265. The Morgan fingerprint density at radius 1 is 1.12 bits per heavy atom. The molecular formula is C20H25N5O. The molecule has 6 nitrogen and oxygen atoms in total. The summed E-state index contributed by atoms with van der Waals surface area (Å²) in [5, 5.41) is 16.3. The first-order valence-corrected chi connectivity index (χ1v) is 8.73. The van der Waals surface area contributed by atoms with Crippen molar-refractivity contribution in [3.05, 3.63) is 66.0 Å². The molecule has 1 unspecified atom stereocenters. The molecule has 0 saturated carbocycles. The zero-order valence-corrected chi connectivity index (χ0v) is 15.2. The largest absolute Gasteiger partial charge is 0.396 e. The average Bonchev–Trinajstić information content (AvgIpc) is 3.01. The Hall–Kier alpha value is -2.86. The highest BCUT2D eigenvalue weighted by molar-refractivity contribution is 5.80. The number of aryl methyl sites for hydroxylation is 1. The summed E-state index contributed by atoms with van der Waals surface area (Å²) in [7, 11) is 3.75. The summed E-state index contributed by atoms with van der Waals surface area (Å²) in [5.41, 5.74) is 3.20. The normalized spacial score (nSPS) is 13.0. The Balaban J connectivity index is 1.60. The van der Waals surface area contributed by atoms with Gasteiger partial charge in [0.2, 0.25) is 0 Å². The van der Waals surface area contributed by atoms with Crippen molar-refractivity contribution >= 4 is 17.0 Å². The third kappa shape index (κ3) is 4.03. The molecule has 1 aromatic heterocycles. The van der Waals surface area contributed by atoms with Gasteiger partial charge in [0, 0.05) is 26.6 Å². The number of fused-ring (bicyclic) bond motifs is 1. The fourth-order valence-electron chi connectivity index (χ4n) is 2.97. The van der Waals surface area contributed by atoms with E-state index in [2.05, 4.69) is 31.2 Å². The minimum Gasteiger partial charge on any atom is -0.396 e. The Bertz CT molecular complexity index is 872. The lowest BCUT2D eigenvalue weighted by Crippen LogP contribution is -2.39. The van der Waals surface area contributed by atoms with Crippen LogP contribution in [0.15, 0.2) is 59.6 Å². The van der Waals surface area contributed by atoms with Gasteiger partial charge in [-0.25, -0.2) is 4.98 Å². The maximum absolute atomic E-state index is 9.68. The van der Waals surface area contributed by atoms with Crippen LogP contribution < -0.4 is 10.6 Å². The molecule has 0 bridgehead atoms. The highest BCUT2D eigenvalue weighted by Crippen LogP contribution is 2.14. The van der Waals surface area contributed by atoms with E-state index in [1.807, 2.05) is 55.6 Å². The van der Waals surface area contributed by atoms with E-state index in [0.29, 0.717) is 19.0 Å². The predicted octanol–water partition coefficient (Wildman–Crippen LogP) is 2.01. The van der Waals surface area contributed by atoms with Crippen LogP contribution in [0.2, 0.25) is 0 Å². The van der Waals surface area contributed by atoms with Crippen molar-refractivity contribution in [1.82, 2.24) is 20.2 Å². The Morgan fingerprint density at radius 2 is 1.85 bits per heavy atom. The molecule has 136 valence electrons. The molecule has 3 N–H and O–H groups in total. The Morgan fingerprint density at radius 3 is 2.54 bits per heavy atom. The molecule has 0 aliphatic rings. The number of aliphatic imine (C=N–C) groups is 1. The second-order valence-electron chi connectivity index (χ2n) is 6.17. The van der Waals surface area contributed by atoms with Crippen LogP contribution in [0.5, 0.6) is 0 Å². The number of aromatic nitrogens is 2. The summed E-state index contributed by atoms with van der Waals surface area (Å²) >= 11 is 0. The van der Waals surface area contributed by atoms with E-state index in [-0.39, 0.29) is 12.5 Å². The minimum atomic E-state index is 0.0190. The van der Waals surface area contributed by atoms with Gasteiger partial charge < -0.3 is 20.3 Å². The molecule has 1 heterocycles. The smallest absolute Gasteiger partial charge is 0.191 e. The van der Waals surface area contributed by atoms with Gasteiger partial charge in [0.15, 0.2) is 5.96 Å². The van der Waals surface area contributed by atoms with Crippen molar-refractivity contribution in [1.29, 1.82) is 0 Å². The summed E-state index contributed by atoms with van der Waals surface area (Å²) in [4.78, 5) is 8.92. The third-order valence-corrected chi connectivity index (χ3v) is 4.52. The quantitative estimate of drug-likeness (QED) is 0.469. The standard InChI is InChI=1S/C20H25N5O/c1-21-20(22-12-16(14-26)15-8-4-3-5-9-15)23-13-19-24-17-10-6-7-11-18(17)25(19)2/h3-11,16,26H,12-14H2,1-2H3,(H2,21,22,23). The van der Waals surface area contributed by atoms with E-state index in [1.165, 1.54) is 0 Å². The fraction of sp³-hybridized carbons (Fsp3) is 0.300. The molecule has 3 rings (SSSR count). The van der Waals surface area contributed by atoms with Crippen molar-refractivity contribution in [2.45, 2.75) is 12.5 Å². The number of rotatable bonds is 6. The van der Waals surface area contributed by atoms with Crippen LogP contribution in [-0.4, -0.2) is 40.8 Å². The molecule has 0 spiro atoms. The highest BCUT2D eigenvalue weighted by atomic mass is 16.3. The number of para-hydroxylation sites is 2. The third-order valence-electron chi connectivity index (χ3n) is 4.52.